The molecule has 0 aliphatic rings. The minimum atomic E-state index is -0.974. The SMILES string of the molecule is CCC(=C(c1ccc(C=CC(=O)O)cc1)c1ccc2[nH]ncc2c1)c1ccc(C#N)cc1C. The number of hydrogen-bond donors (Lipinski definition) is 2. The molecule has 3 aromatic carbocycles. The van der Waals surface area contributed by atoms with Crippen molar-refractivity contribution in [2.45, 2.75) is 20.3 Å². The van der Waals surface area contributed by atoms with Gasteiger partial charge in [0.15, 0.2) is 0 Å². The Morgan fingerprint density at radius 2 is 1.85 bits per heavy atom. The summed E-state index contributed by atoms with van der Waals surface area (Å²) in [6, 6.07) is 22.1. The highest BCUT2D eigenvalue weighted by atomic mass is 16.4. The molecule has 0 aliphatic carbocycles. The van der Waals surface area contributed by atoms with Gasteiger partial charge in [-0.15, -0.1) is 0 Å². The van der Waals surface area contributed by atoms with Gasteiger partial charge in [-0.25, -0.2) is 4.79 Å². The molecule has 162 valence electrons. The van der Waals surface area contributed by atoms with Crippen LogP contribution in [-0.4, -0.2) is 21.3 Å². The van der Waals surface area contributed by atoms with Crippen molar-refractivity contribution in [3.05, 3.63) is 106 Å². The van der Waals surface area contributed by atoms with Gasteiger partial charge in [0.25, 0.3) is 0 Å². The van der Waals surface area contributed by atoms with Crippen LogP contribution in [0.2, 0.25) is 0 Å². The molecule has 2 N–H and O–H groups in total. The molecule has 0 aliphatic heterocycles. The van der Waals surface area contributed by atoms with Crippen LogP contribution in [0, 0.1) is 18.3 Å². The van der Waals surface area contributed by atoms with Gasteiger partial charge in [-0.2, -0.15) is 10.4 Å². The molecule has 0 spiro atoms. The van der Waals surface area contributed by atoms with E-state index in [0.717, 1.165) is 56.8 Å². The van der Waals surface area contributed by atoms with Crippen molar-refractivity contribution in [1.82, 2.24) is 10.2 Å². The van der Waals surface area contributed by atoms with Crippen LogP contribution in [0.1, 0.15) is 46.7 Å². The maximum absolute atomic E-state index is 10.9. The van der Waals surface area contributed by atoms with Gasteiger partial charge >= 0.3 is 5.97 Å². The average molecular weight is 434 g/mol. The molecule has 1 aromatic heterocycles. The third-order valence-electron chi connectivity index (χ3n) is 5.68. The van der Waals surface area contributed by atoms with Gasteiger partial charge in [0, 0.05) is 11.5 Å². The normalized spacial score (nSPS) is 12.0. The molecule has 0 radical (unpaired) electrons. The number of rotatable bonds is 6. The second-order valence-electron chi connectivity index (χ2n) is 7.81. The number of fused-ring (bicyclic) bond motifs is 1. The van der Waals surface area contributed by atoms with Crippen LogP contribution in [0.4, 0.5) is 0 Å². The molecule has 0 fully saturated rings. The van der Waals surface area contributed by atoms with E-state index in [4.69, 9.17) is 5.11 Å². The number of aromatic nitrogens is 2. The van der Waals surface area contributed by atoms with Crippen molar-refractivity contribution >= 4 is 34.1 Å². The summed E-state index contributed by atoms with van der Waals surface area (Å²) in [5, 5.41) is 26.4. The first kappa shape index (κ1) is 21.8. The Morgan fingerprint density at radius 3 is 2.52 bits per heavy atom. The van der Waals surface area contributed by atoms with Crippen molar-refractivity contribution in [3.63, 3.8) is 0 Å². The minimum Gasteiger partial charge on any atom is -0.478 e. The van der Waals surface area contributed by atoms with Crippen molar-refractivity contribution in [2.75, 3.05) is 0 Å². The van der Waals surface area contributed by atoms with Crippen molar-refractivity contribution < 1.29 is 9.90 Å². The molecule has 4 aromatic rings. The molecule has 0 amide bonds. The summed E-state index contributed by atoms with van der Waals surface area (Å²) in [4.78, 5) is 10.9. The maximum Gasteiger partial charge on any atom is 0.328 e. The molecule has 0 bridgehead atoms. The van der Waals surface area contributed by atoms with Crippen LogP contribution in [0.3, 0.4) is 0 Å². The molecular formula is C28H23N3O2. The molecular weight excluding hydrogens is 410 g/mol. The van der Waals surface area contributed by atoms with Crippen molar-refractivity contribution in [2.24, 2.45) is 0 Å². The van der Waals surface area contributed by atoms with E-state index in [0.29, 0.717) is 5.56 Å². The third-order valence-corrected chi connectivity index (χ3v) is 5.68. The van der Waals surface area contributed by atoms with Crippen LogP contribution >= 0.6 is 0 Å². The lowest BCUT2D eigenvalue weighted by Gasteiger charge is -2.18. The molecule has 0 atom stereocenters. The standard InChI is InChI=1S/C28H23N3O2/c1-3-24(25-11-6-20(16-29)14-18(25)2)28(22-10-12-26-23(15-22)17-30-31-26)21-8-4-19(5-9-21)7-13-27(32)33/h4-15,17H,3H2,1-2H3,(H,30,31)(H,32,33). The van der Waals surface area contributed by atoms with Crippen LogP contribution in [0.15, 0.2) is 72.9 Å². The number of carboxylic acids is 1. The Morgan fingerprint density at radius 1 is 1.09 bits per heavy atom. The van der Waals surface area contributed by atoms with E-state index in [2.05, 4.69) is 35.3 Å². The number of nitrogens with one attached hydrogen (secondary N) is 1. The molecule has 0 unspecified atom stereocenters. The number of nitriles is 1. The van der Waals surface area contributed by atoms with Gasteiger partial charge in [0.2, 0.25) is 0 Å². The van der Waals surface area contributed by atoms with Crippen LogP contribution in [0.25, 0.3) is 28.1 Å². The number of hydrogen-bond acceptors (Lipinski definition) is 3. The van der Waals surface area contributed by atoms with Crippen molar-refractivity contribution in [3.8, 4) is 6.07 Å². The lowest BCUT2D eigenvalue weighted by atomic mass is 9.86. The zero-order valence-electron chi connectivity index (χ0n) is 18.5. The summed E-state index contributed by atoms with van der Waals surface area (Å²) < 4.78 is 0. The number of nitrogens with zero attached hydrogens (tertiary/aromatic N) is 2. The van der Waals surface area contributed by atoms with E-state index in [1.54, 1.807) is 6.08 Å². The van der Waals surface area contributed by atoms with Crippen LogP contribution < -0.4 is 0 Å². The Balaban J connectivity index is 1.94. The second kappa shape index (κ2) is 9.37. The highest BCUT2D eigenvalue weighted by Crippen LogP contribution is 2.37. The van der Waals surface area contributed by atoms with Gasteiger partial charge in [-0.3, -0.25) is 5.10 Å². The predicted molar refractivity (Wildman–Crippen MR) is 131 cm³/mol. The van der Waals surface area contributed by atoms with Crippen LogP contribution in [-0.2, 0) is 4.79 Å². The highest BCUT2D eigenvalue weighted by molar-refractivity contribution is 6.01. The smallest absolute Gasteiger partial charge is 0.328 e. The molecule has 5 heteroatoms. The van der Waals surface area contributed by atoms with Gasteiger partial charge in [0.1, 0.15) is 0 Å². The van der Waals surface area contributed by atoms with E-state index in [9.17, 15) is 10.1 Å². The van der Waals surface area contributed by atoms with Gasteiger partial charge in [0.05, 0.1) is 23.3 Å². The molecule has 0 saturated carbocycles. The summed E-state index contributed by atoms with van der Waals surface area (Å²) in [7, 11) is 0. The van der Waals surface area contributed by atoms with Gasteiger partial charge in [-0.1, -0.05) is 43.3 Å². The maximum atomic E-state index is 10.9. The Labute approximate surface area is 192 Å². The molecule has 0 saturated heterocycles. The number of aryl methyl sites for hydroxylation is 1. The number of carboxylic acid groups (broad SMARTS) is 1. The Bertz CT molecular complexity index is 1430. The fourth-order valence-corrected chi connectivity index (χ4v) is 4.12. The number of aromatic amines is 1. The van der Waals surface area contributed by atoms with Gasteiger partial charge < -0.3 is 5.11 Å². The summed E-state index contributed by atoms with van der Waals surface area (Å²) >= 11 is 0. The number of H-pyrrole nitrogens is 1. The van der Waals surface area contributed by atoms with E-state index < -0.39 is 5.97 Å². The van der Waals surface area contributed by atoms with E-state index in [-0.39, 0.29) is 0 Å². The number of carbonyl (C=O) groups is 1. The van der Waals surface area contributed by atoms with E-state index in [1.807, 2.05) is 61.7 Å². The second-order valence-corrected chi connectivity index (χ2v) is 7.81. The largest absolute Gasteiger partial charge is 0.478 e. The quantitative estimate of drug-likeness (QED) is 0.279. The highest BCUT2D eigenvalue weighted by Gasteiger charge is 2.16. The lowest BCUT2D eigenvalue weighted by molar-refractivity contribution is -0.131. The summed E-state index contributed by atoms with van der Waals surface area (Å²) in [5.74, 6) is -0.974. The Kier molecular flexibility index (Phi) is 6.19. The van der Waals surface area contributed by atoms with E-state index in [1.165, 1.54) is 5.57 Å². The summed E-state index contributed by atoms with van der Waals surface area (Å²) in [5.41, 5.74) is 8.96. The first-order chi connectivity index (χ1) is 16.0. The lowest BCUT2D eigenvalue weighted by Crippen LogP contribution is -1.97. The number of aliphatic carboxylic acids is 1. The first-order valence-electron chi connectivity index (χ1n) is 10.7. The summed E-state index contributed by atoms with van der Waals surface area (Å²) in [6.07, 6.45) is 5.33. The van der Waals surface area contributed by atoms with Gasteiger partial charge in [-0.05, 0) is 82.6 Å². The monoisotopic (exact) mass is 433 g/mol. The topological polar surface area (TPSA) is 89.8 Å². The molecule has 1 heterocycles. The Hall–Kier alpha value is -4.43. The zero-order valence-corrected chi connectivity index (χ0v) is 18.5. The fourth-order valence-electron chi connectivity index (χ4n) is 4.12. The average Bonchev–Trinajstić information content (AvgIpc) is 3.30. The molecule has 33 heavy (non-hydrogen) atoms. The van der Waals surface area contributed by atoms with Crippen LogP contribution in [0.5, 0.6) is 0 Å². The van der Waals surface area contributed by atoms with Crippen molar-refractivity contribution in [1.29, 1.82) is 5.26 Å². The predicted octanol–water partition coefficient (Wildman–Crippen LogP) is 6.21. The first-order valence-corrected chi connectivity index (χ1v) is 10.7. The third kappa shape index (κ3) is 4.60. The number of allylic oxidation sites excluding steroid dienone is 1. The number of benzene rings is 3. The van der Waals surface area contributed by atoms with E-state index >= 15 is 0 Å². The molecule has 5 nitrogen and oxygen atoms in total. The summed E-state index contributed by atoms with van der Waals surface area (Å²) in [6.45, 7) is 4.16. The fraction of sp³-hybridized carbons (Fsp3) is 0.107. The minimum absolute atomic E-state index is 0.641. The zero-order chi connectivity index (χ0) is 23.4. The molecule has 4 rings (SSSR count).